The second-order valence-electron chi connectivity index (χ2n) is 8.51. The number of esters is 2. The van der Waals surface area contributed by atoms with Gasteiger partial charge in [-0.15, -0.1) is 0 Å². The molecule has 1 aliphatic rings. The maximum absolute atomic E-state index is 12.8. The number of allylic oxidation sites excluding steroid dienone is 1. The molecule has 3 aromatic rings. The summed E-state index contributed by atoms with van der Waals surface area (Å²) in [5.41, 5.74) is 1.95. The van der Waals surface area contributed by atoms with E-state index >= 15 is 0 Å². The summed E-state index contributed by atoms with van der Waals surface area (Å²) in [5.74, 6) is 0.113. The predicted octanol–water partition coefficient (Wildman–Crippen LogP) is 8.28. The Bertz CT molecular complexity index is 1280. The third kappa shape index (κ3) is 6.59. The van der Waals surface area contributed by atoms with Gasteiger partial charge in [0.05, 0.1) is 5.92 Å². The average molecular weight is 505 g/mol. The molecule has 0 bridgehead atoms. The van der Waals surface area contributed by atoms with Gasteiger partial charge in [0, 0.05) is 16.2 Å². The first-order valence-corrected chi connectivity index (χ1v) is 13.9. The molecule has 0 saturated heterocycles. The number of hydrogen-bond acceptors (Lipinski definition) is 6. The lowest BCUT2D eigenvalue weighted by molar-refractivity contribution is -0.136. The highest BCUT2D eigenvalue weighted by atomic mass is 33.1. The van der Waals surface area contributed by atoms with Gasteiger partial charge in [-0.2, -0.15) is 0 Å². The van der Waals surface area contributed by atoms with Crippen LogP contribution in [0.4, 0.5) is 0 Å². The fraction of sp³-hybridized carbons (Fsp3) is 0.241. The zero-order chi connectivity index (χ0) is 24.8. The predicted molar refractivity (Wildman–Crippen MR) is 147 cm³/mol. The summed E-state index contributed by atoms with van der Waals surface area (Å²) in [6.45, 7) is 7.90. The quantitative estimate of drug-likeness (QED) is 0.126. The van der Waals surface area contributed by atoms with Crippen molar-refractivity contribution in [1.82, 2.24) is 0 Å². The second-order valence-corrected chi connectivity index (χ2v) is 10.8. The molecule has 0 radical (unpaired) electrons. The third-order valence-electron chi connectivity index (χ3n) is 5.79. The molecule has 0 amide bonds. The molecular formula is C29H28O4S2. The van der Waals surface area contributed by atoms with Crippen LogP contribution in [0.1, 0.15) is 56.6 Å². The minimum absolute atomic E-state index is 0.207. The average Bonchev–Trinajstić information content (AvgIpc) is 3.30. The molecule has 4 nitrogen and oxygen atoms in total. The Hall–Kier alpha value is -2.96. The minimum Gasteiger partial charge on any atom is -0.427 e. The number of carbonyl (C=O) groups is 2. The molecule has 0 N–H and O–H groups in total. The standard InChI is InChI=1S/C29H28O4S2/c1-4-5-6-7-28(30)32-26-15-12-23-17-22(8-9-24(23)18-26)20(3)29(31)33-25-13-10-21(11-14-25)27-16-19(2)34-35-27/h8-18,20H,2,4-7H2,1,3H3/t20-/m0/s1. The zero-order valence-corrected chi connectivity index (χ0v) is 21.5. The first-order valence-electron chi connectivity index (χ1n) is 11.7. The maximum Gasteiger partial charge on any atom is 0.318 e. The molecule has 0 saturated carbocycles. The highest BCUT2D eigenvalue weighted by Gasteiger charge is 2.19. The number of carbonyl (C=O) groups excluding carboxylic acids is 2. The Kier molecular flexibility index (Phi) is 8.37. The molecule has 180 valence electrons. The third-order valence-corrected chi connectivity index (χ3v) is 8.17. The zero-order valence-electron chi connectivity index (χ0n) is 19.9. The van der Waals surface area contributed by atoms with Gasteiger partial charge in [0.2, 0.25) is 0 Å². The number of benzene rings is 3. The fourth-order valence-electron chi connectivity index (χ4n) is 3.73. The van der Waals surface area contributed by atoms with Crippen molar-refractivity contribution in [2.45, 2.75) is 45.4 Å². The minimum atomic E-state index is -0.428. The van der Waals surface area contributed by atoms with E-state index in [0.29, 0.717) is 17.9 Å². The van der Waals surface area contributed by atoms with Gasteiger partial charge >= 0.3 is 11.9 Å². The van der Waals surface area contributed by atoms with Crippen LogP contribution < -0.4 is 9.47 Å². The van der Waals surface area contributed by atoms with Crippen LogP contribution in [0.25, 0.3) is 15.7 Å². The van der Waals surface area contributed by atoms with Crippen LogP contribution in [0.5, 0.6) is 11.5 Å². The summed E-state index contributed by atoms with van der Waals surface area (Å²) in [5, 5.41) is 1.92. The van der Waals surface area contributed by atoms with E-state index in [-0.39, 0.29) is 11.9 Å². The Labute approximate surface area is 214 Å². The van der Waals surface area contributed by atoms with E-state index in [1.165, 1.54) is 0 Å². The SMILES string of the molecule is C=C1C=C(c2ccc(OC(=O)[C@@H](C)c3ccc4cc(OC(=O)CCCCC)ccc4c3)cc2)SS1. The van der Waals surface area contributed by atoms with Gasteiger partial charge in [-0.05, 0) is 65.6 Å². The highest BCUT2D eigenvalue weighted by molar-refractivity contribution is 8.82. The smallest absolute Gasteiger partial charge is 0.318 e. The van der Waals surface area contributed by atoms with Gasteiger partial charge in [-0.25, -0.2) is 0 Å². The molecular weight excluding hydrogens is 476 g/mol. The molecule has 0 aromatic heterocycles. The number of fused-ring (bicyclic) bond motifs is 1. The van der Waals surface area contributed by atoms with Crippen molar-refractivity contribution in [3.63, 3.8) is 0 Å². The second kappa shape index (κ2) is 11.6. The van der Waals surface area contributed by atoms with Gasteiger partial charge in [0.25, 0.3) is 0 Å². The van der Waals surface area contributed by atoms with Crippen molar-refractivity contribution in [1.29, 1.82) is 0 Å². The molecule has 0 unspecified atom stereocenters. The number of ether oxygens (including phenoxy) is 2. The van der Waals surface area contributed by atoms with Crippen molar-refractivity contribution in [3.8, 4) is 11.5 Å². The fourth-order valence-corrected chi connectivity index (χ4v) is 5.76. The summed E-state index contributed by atoms with van der Waals surface area (Å²) in [6.07, 6.45) is 5.42. The van der Waals surface area contributed by atoms with E-state index in [2.05, 4.69) is 19.6 Å². The molecule has 4 rings (SSSR count). The summed E-state index contributed by atoms with van der Waals surface area (Å²) < 4.78 is 11.1. The van der Waals surface area contributed by atoms with Gasteiger partial charge in [0.1, 0.15) is 11.5 Å². The first kappa shape index (κ1) is 25.1. The highest BCUT2D eigenvalue weighted by Crippen LogP contribution is 2.48. The van der Waals surface area contributed by atoms with E-state index < -0.39 is 5.92 Å². The van der Waals surface area contributed by atoms with Crippen LogP contribution in [0.3, 0.4) is 0 Å². The number of rotatable bonds is 9. The van der Waals surface area contributed by atoms with Gasteiger partial charge < -0.3 is 9.47 Å². The number of hydrogen-bond donors (Lipinski definition) is 0. The molecule has 6 heteroatoms. The number of unbranched alkanes of at least 4 members (excludes halogenated alkanes) is 2. The van der Waals surface area contributed by atoms with E-state index in [0.717, 1.165) is 51.0 Å². The van der Waals surface area contributed by atoms with E-state index in [9.17, 15) is 9.59 Å². The van der Waals surface area contributed by atoms with Crippen LogP contribution in [-0.2, 0) is 9.59 Å². The van der Waals surface area contributed by atoms with Crippen LogP contribution in [0.2, 0.25) is 0 Å². The van der Waals surface area contributed by atoms with Crippen molar-refractivity contribution in [2.75, 3.05) is 0 Å². The van der Waals surface area contributed by atoms with Crippen molar-refractivity contribution in [2.24, 2.45) is 0 Å². The van der Waals surface area contributed by atoms with Gasteiger partial charge in [-0.3, -0.25) is 9.59 Å². The molecule has 3 aromatic carbocycles. The lowest BCUT2D eigenvalue weighted by Crippen LogP contribution is -2.16. The Morgan fingerprint density at radius 2 is 1.60 bits per heavy atom. The summed E-state index contributed by atoms with van der Waals surface area (Å²) in [6, 6.07) is 18.9. The molecule has 1 aliphatic heterocycles. The molecule has 1 atom stereocenters. The van der Waals surface area contributed by atoms with Crippen molar-refractivity contribution >= 4 is 49.2 Å². The normalized spacial score (nSPS) is 14.0. The summed E-state index contributed by atoms with van der Waals surface area (Å²) in [7, 11) is 3.33. The monoisotopic (exact) mass is 504 g/mol. The van der Waals surface area contributed by atoms with Crippen LogP contribution in [0.15, 0.2) is 78.2 Å². The van der Waals surface area contributed by atoms with E-state index in [4.69, 9.17) is 9.47 Å². The Morgan fingerprint density at radius 1 is 0.886 bits per heavy atom. The summed E-state index contributed by atoms with van der Waals surface area (Å²) in [4.78, 5) is 27.0. The molecule has 0 fully saturated rings. The Balaban J connectivity index is 1.39. The largest absolute Gasteiger partial charge is 0.427 e. The van der Waals surface area contributed by atoms with Crippen LogP contribution in [0, 0.1) is 0 Å². The van der Waals surface area contributed by atoms with Crippen molar-refractivity contribution in [3.05, 3.63) is 89.4 Å². The molecule has 1 heterocycles. The van der Waals surface area contributed by atoms with Gasteiger partial charge in [-0.1, -0.05) is 84.3 Å². The van der Waals surface area contributed by atoms with Crippen LogP contribution in [-0.4, -0.2) is 11.9 Å². The topological polar surface area (TPSA) is 52.6 Å². The lowest BCUT2D eigenvalue weighted by Gasteiger charge is -2.13. The molecule has 0 aliphatic carbocycles. The van der Waals surface area contributed by atoms with Crippen LogP contribution >= 0.6 is 21.6 Å². The Morgan fingerprint density at radius 3 is 2.31 bits per heavy atom. The maximum atomic E-state index is 12.8. The lowest BCUT2D eigenvalue weighted by atomic mass is 9.98. The van der Waals surface area contributed by atoms with Crippen molar-refractivity contribution < 1.29 is 19.1 Å². The van der Waals surface area contributed by atoms with E-state index in [1.54, 1.807) is 27.7 Å². The van der Waals surface area contributed by atoms with E-state index in [1.807, 2.05) is 61.5 Å². The summed E-state index contributed by atoms with van der Waals surface area (Å²) >= 11 is 0. The van der Waals surface area contributed by atoms with Gasteiger partial charge in [0.15, 0.2) is 0 Å². The molecule has 35 heavy (non-hydrogen) atoms. The first-order chi connectivity index (χ1) is 16.9. The molecule has 0 spiro atoms.